The second kappa shape index (κ2) is 22.6. The predicted molar refractivity (Wildman–Crippen MR) is 222 cm³/mol. The zero-order valence-electron chi connectivity index (χ0n) is 34.5. The van der Waals surface area contributed by atoms with Gasteiger partial charge in [0.1, 0.15) is 0 Å². The van der Waals surface area contributed by atoms with E-state index in [9.17, 15) is 74.3 Å². The van der Waals surface area contributed by atoms with Gasteiger partial charge >= 0.3 is 308 Å². The van der Waals surface area contributed by atoms with Gasteiger partial charge in [-0.15, -0.1) is 17.6 Å². The molecule has 6 aromatic rings. The Morgan fingerprint density at radius 2 is 0.729 bits per heavy atom. The number of alkyl halides is 17. The zero-order chi connectivity index (χ0) is 51.8. The van der Waals surface area contributed by atoms with Gasteiger partial charge in [0, 0.05) is 0 Å². The van der Waals surface area contributed by atoms with Gasteiger partial charge in [-0.05, 0) is 0 Å². The quantitative estimate of drug-likeness (QED) is 0.126. The Morgan fingerprint density at radius 1 is 0.443 bits per heavy atom. The number of aromatic nitrogens is 2. The second-order valence-corrected chi connectivity index (χ2v) is 19.6. The van der Waals surface area contributed by atoms with Crippen LogP contribution in [0.1, 0.15) is 22.3 Å². The molecule has 0 unspecified atom stereocenters. The van der Waals surface area contributed by atoms with Crippen LogP contribution in [0.5, 0.6) is 0 Å². The van der Waals surface area contributed by atoms with E-state index in [-0.39, 0.29) is 46.0 Å². The number of amidine groups is 4. The van der Waals surface area contributed by atoms with E-state index in [2.05, 4.69) is 0 Å². The van der Waals surface area contributed by atoms with Crippen LogP contribution in [-0.4, -0.2) is 107 Å². The molecule has 4 aliphatic heterocycles. The normalized spacial score (nSPS) is 13.9. The van der Waals surface area contributed by atoms with Gasteiger partial charge in [-0.25, -0.2) is 35.1 Å². The number of aliphatic imine (C=N–C) groups is 4. The summed E-state index contributed by atoms with van der Waals surface area (Å²) in [5.41, 5.74) is 2.28. The van der Waals surface area contributed by atoms with E-state index in [1.165, 1.54) is 6.55 Å². The Bertz CT molecular complexity index is 3050. The summed E-state index contributed by atoms with van der Waals surface area (Å²) in [7, 11) is -6.63. The van der Waals surface area contributed by atoms with Gasteiger partial charge in [-0.1, -0.05) is 0 Å². The van der Waals surface area contributed by atoms with Crippen molar-refractivity contribution in [3.63, 3.8) is 0 Å². The molecule has 0 N–H and O–H groups in total. The van der Waals surface area contributed by atoms with Crippen molar-refractivity contribution in [3.8, 4) is 0 Å². The molecule has 10 rings (SSSR count). The monoisotopic (exact) mass is 1090 g/mol. The number of fused-ring (bicyclic) bond motifs is 14. The average molecular weight is 1090 g/mol. The molecule has 2 aromatic heterocycles. The fourth-order valence-corrected chi connectivity index (χ4v) is 15.0. The summed E-state index contributed by atoms with van der Waals surface area (Å²) >= 11 is -5.32. The second-order valence-electron chi connectivity index (χ2n) is 13.2. The van der Waals surface area contributed by atoms with Crippen molar-refractivity contribution < 1.29 is 86.0 Å². The topological polar surface area (TPSA) is 127 Å². The number of halogens is 17. The van der Waals surface area contributed by atoms with Crippen molar-refractivity contribution in [1.82, 2.24) is 6.55 Å². The molecule has 0 amide bonds. The third-order valence-electron chi connectivity index (χ3n) is 9.38. The summed E-state index contributed by atoms with van der Waals surface area (Å²) in [6, 6.07) is 27.6. The fourth-order valence-electron chi connectivity index (χ4n) is 6.91. The minimum absolute atomic E-state index is 0.00290. The molecular weight excluding hydrogens is 1070 g/mol. The van der Waals surface area contributed by atoms with Gasteiger partial charge in [-0.3, -0.25) is 0 Å². The molecule has 0 radical (unpaired) electrons. The molecule has 0 spiro atoms. The van der Waals surface area contributed by atoms with E-state index in [0.29, 0.717) is 43.8 Å². The molecular formula is C40H26F17GaN8O3S. The molecule has 11 nitrogen and oxygen atoms in total. The molecule has 0 fully saturated rings. The van der Waals surface area contributed by atoms with Crippen LogP contribution in [0.2, 0.25) is 0 Å². The van der Waals surface area contributed by atoms with Crippen LogP contribution in [-0.2, 0) is 13.1 Å². The molecule has 70 heavy (non-hydrogen) atoms. The van der Waals surface area contributed by atoms with Crippen LogP contribution in [0, 0.1) is 0 Å². The number of benzene rings is 4. The third kappa shape index (κ3) is 11.0. The summed E-state index contributed by atoms with van der Waals surface area (Å²) in [5, 5.41) is -4.43. The molecule has 372 valence electrons. The SMILES string of the molecule is FC(F)(F)F.FCF.FCF.FCF.FCF.O=S(=O)([O][Ga]1[n]2c3c4ccccc4c2N=C2N=C(N=c4c5ccccc5c([n]41)=NC1=NC(=N3)c3ccccc31)c1ccccc12)C(F)(F)C(F)(F)CF. The average Bonchev–Trinajstić information content (AvgIpc) is 4.02. The Morgan fingerprint density at radius 3 is 1.04 bits per heavy atom. The van der Waals surface area contributed by atoms with Gasteiger partial charge < -0.3 is 0 Å². The van der Waals surface area contributed by atoms with E-state index in [4.69, 9.17) is 32.9 Å². The fraction of sp³-hybridized carbons (Fsp3) is 0.200. The van der Waals surface area contributed by atoms with E-state index in [1.54, 1.807) is 97.1 Å². The van der Waals surface area contributed by atoms with Crippen LogP contribution in [0.4, 0.5) is 86.3 Å². The van der Waals surface area contributed by atoms with E-state index in [0.717, 1.165) is 0 Å². The number of hydrogen-bond acceptors (Lipinski definition) is 9. The number of rotatable bonds is 5. The van der Waals surface area contributed by atoms with Gasteiger partial charge in [0.2, 0.25) is 27.7 Å². The molecule has 0 atom stereocenters. The van der Waals surface area contributed by atoms with Crippen LogP contribution in [0.3, 0.4) is 0 Å². The predicted octanol–water partition coefficient (Wildman–Crippen LogP) is 10.5. The van der Waals surface area contributed by atoms with Gasteiger partial charge in [0.05, 0.1) is 0 Å². The van der Waals surface area contributed by atoms with Gasteiger partial charge in [0.25, 0.3) is 0 Å². The summed E-state index contributed by atoms with van der Waals surface area (Å²) < 4.78 is 225. The Balaban J connectivity index is 0.000000472. The van der Waals surface area contributed by atoms with E-state index in [1.807, 2.05) is 0 Å². The van der Waals surface area contributed by atoms with Crippen molar-refractivity contribution in [1.29, 1.82) is 0 Å². The van der Waals surface area contributed by atoms with Gasteiger partial charge in [0.15, 0.2) is 0 Å². The first-order valence-electron chi connectivity index (χ1n) is 18.9. The molecule has 0 saturated carbocycles. The van der Waals surface area contributed by atoms with Gasteiger partial charge in [-0.2, -0.15) is 0 Å². The zero-order valence-corrected chi connectivity index (χ0v) is 37.7. The summed E-state index contributed by atoms with van der Waals surface area (Å²) in [6.45, 7) is -9.96. The maximum atomic E-state index is 15.5. The molecule has 0 aliphatic carbocycles. The van der Waals surface area contributed by atoms with Crippen LogP contribution < -0.4 is 11.0 Å². The van der Waals surface area contributed by atoms with E-state index >= 15 is 8.78 Å². The van der Waals surface area contributed by atoms with Crippen LogP contribution in [0.25, 0.3) is 21.5 Å². The minimum atomic E-state index is -6.63. The summed E-state index contributed by atoms with van der Waals surface area (Å²) in [6.07, 6.45) is -5.50. The van der Waals surface area contributed by atoms with Crippen molar-refractivity contribution in [2.45, 2.75) is 17.6 Å². The molecule has 6 bridgehead atoms. The standard InChI is InChI=1S/C32H16N8.C3H3F5O3S.CF4.4CH2F2.Ga/c1-2-10-18-17(9-1)25-33-26(18)38-28-21-13-5-6-14-22(21)30(35-28)40-32-24-16-8-7-15-23(24)31(36-32)39-29-20-12-4-3-11-19(20)27(34-29)37-25;4-1-2(5,6)3(7,8)12(9,10)11;2-1(3,4)5;4*2-1-3;/h1-16H;1H2,(H,9,10,11);;4*1H2;/q-2;;;;;;;+3/p-1. The summed E-state index contributed by atoms with van der Waals surface area (Å²) in [5.74, 6) is -4.98. The first-order chi connectivity index (χ1) is 33.1. The maximum absolute atomic E-state index is 15.5. The number of nitrogens with zero attached hydrogens (tertiary/aromatic N) is 8. The molecule has 4 aromatic carbocycles. The Kier molecular flexibility index (Phi) is 17.6. The summed E-state index contributed by atoms with van der Waals surface area (Å²) in [4.78, 5) is 29.2. The van der Waals surface area contributed by atoms with Crippen molar-refractivity contribution in [2.24, 2.45) is 30.0 Å². The Labute approximate surface area is 387 Å². The molecule has 4 aliphatic rings. The molecule has 6 heterocycles. The first kappa shape index (κ1) is 54.5. The van der Waals surface area contributed by atoms with Crippen molar-refractivity contribution in [2.75, 3.05) is 34.4 Å². The van der Waals surface area contributed by atoms with E-state index < -0.39 is 79.2 Å². The van der Waals surface area contributed by atoms with Crippen molar-refractivity contribution >= 4 is 83.7 Å². The third-order valence-corrected chi connectivity index (χ3v) is 17.3. The Hall–Kier alpha value is -6.40. The van der Waals surface area contributed by atoms with Crippen LogP contribution >= 0.6 is 0 Å². The molecule has 0 saturated heterocycles. The number of hydrogen-bond donors (Lipinski definition) is 0. The first-order valence-corrected chi connectivity index (χ1v) is 23.4. The van der Waals surface area contributed by atoms with Crippen LogP contribution in [0.15, 0.2) is 127 Å². The van der Waals surface area contributed by atoms with Crippen molar-refractivity contribution in [3.05, 3.63) is 130 Å². The molecule has 30 heteroatoms.